The van der Waals surface area contributed by atoms with Crippen LogP contribution in [0.2, 0.25) is 10.0 Å². The third-order valence-electron chi connectivity index (χ3n) is 2.04. The van der Waals surface area contributed by atoms with Gasteiger partial charge in [-0.05, 0) is 24.1 Å². The highest BCUT2D eigenvalue weighted by atomic mass is 35.5. The molecule has 0 aromatic heterocycles. The van der Waals surface area contributed by atoms with Gasteiger partial charge in [0.2, 0.25) is 0 Å². The topological polar surface area (TPSA) is 26.0 Å². The maximum absolute atomic E-state index is 13.1. The van der Waals surface area contributed by atoms with Crippen molar-refractivity contribution in [3.63, 3.8) is 0 Å². The molecule has 0 unspecified atom stereocenters. The zero-order valence-electron chi connectivity index (χ0n) is 7.86. The number of halogens is 3. The van der Waals surface area contributed by atoms with E-state index in [0.29, 0.717) is 10.6 Å². The van der Waals surface area contributed by atoms with Crippen LogP contribution in [0.3, 0.4) is 0 Å². The van der Waals surface area contributed by atoms with E-state index in [2.05, 4.69) is 0 Å². The van der Waals surface area contributed by atoms with Crippen LogP contribution in [0.15, 0.2) is 12.1 Å². The van der Waals surface area contributed by atoms with Crippen LogP contribution in [0.4, 0.5) is 4.39 Å². The molecule has 1 rings (SSSR count). The van der Waals surface area contributed by atoms with Gasteiger partial charge in [-0.25, -0.2) is 4.39 Å². The predicted octanol–water partition coefficient (Wildman–Crippen LogP) is 3.93. The standard InChI is InChI=1S/C10H12Cl2FN/c1-2-3-10(14)6-4-9(13)8(12)5-7(6)11/h4-5,10H,2-3,14H2,1H3/t10-/m0/s1. The van der Waals surface area contributed by atoms with E-state index in [-0.39, 0.29) is 11.1 Å². The van der Waals surface area contributed by atoms with Crippen molar-refractivity contribution in [2.75, 3.05) is 0 Å². The second kappa shape index (κ2) is 4.96. The molecule has 0 amide bonds. The van der Waals surface area contributed by atoms with Crippen LogP contribution in [-0.2, 0) is 0 Å². The Morgan fingerprint density at radius 1 is 1.36 bits per heavy atom. The molecule has 0 saturated carbocycles. The number of rotatable bonds is 3. The summed E-state index contributed by atoms with van der Waals surface area (Å²) in [5.41, 5.74) is 6.45. The van der Waals surface area contributed by atoms with Crippen molar-refractivity contribution in [1.82, 2.24) is 0 Å². The summed E-state index contributed by atoms with van der Waals surface area (Å²) in [5, 5.41) is 0.458. The monoisotopic (exact) mass is 235 g/mol. The van der Waals surface area contributed by atoms with E-state index in [1.54, 1.807) is 0 Å². The van der Waals surface area contributed by atoms with Crippen molar-refractivity contribution in [1.29, 1.82) is 0 Å². The average molecular weight is 236 g/mol. The van der Waals surface area contributed by atoms with Gasteiger partial charge in [0.1, 0.15) is 5.82 Å². The molecular formula is C10H12Cl2FN. The Morgan fingerprint density at radius 2 is 2.00 bits per heavy atom. The number of hydrogen-bond donors (Lipinski definition) is 1. The molecule has 0 bridgehead atoms. The van der Waals surface area contributed by atoms with Crippen LogP contribution in [0.1, 0.15) is 31.4 Å². The van der Waals surface area contributed by atoms with Gasteiger partial charge in [-0.15, -0.1) is 0 Å². The third-order valence-corrected chi connectivity index (χ3v) is 2.66. The second-order valence-electron chi connectivity index (χ2n) is 3.18. The largest absolute Gasteiger partial charge is 0.324 e. The van der Waals surface area contributed by atoms with Crippen molar-refractivity contribution in [2.45, 2.75) is 25.8 Å². The molecule has 0 radical (unpaired) electrons. The lowest BCUT2D eigenvalue weighted by Crippen LogP contribution is -2.10. The molecule has 78 valence electrons. The van der Waals surface area contributed by atoms with Crippen LogP contribution < -0.4 is 5.73 Å². The van der Waals surface area contributed by atoms with E-state index < -0.39 is 5.82 Å². The van der Waals surface area contributed by atoms with E-state index in [4.69, 9.17) is 28.9 Å². The van der Waals surface area contributed by atoms with Gasteiger partial charge in [0, 0.05) is 11.1 Å². The quantitative estimate of drug-likeness (QED) is 0.790. The molecule has 0 spiro atoms. The normalized spacial score (nSPS) is 12.9. The van der Waals surface area contributed by atoms with Crippen molar-refractivity contribution in [3.05, 3.63) is 33.6 Å². The SMILES string of the molecule is CCC[C@H](N)c1cc(F)c(Cl)cc1Cl. The zero-order chi connectivity index (χ0) is 10.7. The first-order chi connectivity index (χ1) is 6.56. The van der Waals surface area contributed by atoms with Gasteiger partial charge in [-0.2, -0.15) is 0 Å². The fourth-order valence-electron chi connectivity index (χ4n) is 1.29. The van der Waals surface area contributed by atoms with Gasteiger partial charge in [-0.1, -0.05) is 36.5 Å². The Bertz CT molecular complexity index is 328. The summed E-state index contributed by atoms with van der Waals surface area (Å²) in [7, 11) is 0. The van der Waals surface area contributed by atoms with Gasteiger partial charge >= 0.3 is 0 Å². The molecule has 1 aromatic rings. The van der Waals surface area contributed by atoms with Gasteiger partial charge < -0.3 is 5.73 Å². The lowest BCUT2D eigenvalue weighted by molar-refractivity contribution is 0.606. The predicted molar refractivity (Wildman–Crippen MR) is 58.3 cm³/mol. The molecule has 1 aromatic carbocycles. The smallest absolute Gasteiger partial charge is 0.142 e. The molecule has 1 nitrogen and oxygen atoms in total. The minimum Gasteiger partial charge on any atom is -0.324 e. The van der Waals surface area contributed by atoms with Crippen molar-refractivity contribution < 1.29 is 4.39 Å². The average Bonchev–Trinajstić information content (AvgIpc) is 2.11. The molecule has 1 atom stereocenters. The summed E-state index contributed by atoms with van der Waals surface area (Å²) in [4.78, 5) is 0. The fourth-order valence-corrected chi connectivity index (χ4v) is 1.81. The third kappa shape index (κ3) is 2.59. The first-order valence-electron chi connectivity index (χ1n) is 4.46. The Labute approximate surface area is 93.0 Å². The van der Waals surface area contributed by atoms with E-state index in [9.17, 15) is 4.39 Å². The summed E-state index contributed by atoms with van der Waals surface area (Å²) in [6.07, 6.45) is 1.71. The molecular weight excluding hydrogens is 224 g/mol. The van der Waals surface area contributed by atoms with Gasteiger partial charge in [0.05, 0.1) is 5.02 Å². The first-order valence-corrected chi connectivity index (χ1v) is 5.21. The summed E-state index contributed by atoms with van der Waals surface area (Å²) >= 11 is 11.5. The summed E-state index contributed by atoms with van der Waals surface area (Å²) in [5.74, 6) is -0.474. The minimum absolute atomic E-state index is 0.0300. The van der Waals surface area contributed by atoms with Crippen LogP contribution in [0.25, 0.3) is 0 Å². The van der Waals surface area contributed by atoms with Crippen LogP contribution in [-0.4, -0.2) is 0 Å². The first kappa shape index (κ1) is 11.8. The minimum atomic E-state index is -0.474. The summed E-state index contributed by atoms with van der Waals surface area (Å²) in [6.45, 7) is 2.01. The number of nitrogens with two attached hydrogens (primary N) is 1. The van der Waals surface area contributed by atoms with Crippen molar-refractivity contribution in [2.24, 2.45) is 5.73 Å². The highest BCUT2D eigenvalue weighted by Gasteiger charge is 2.12. The van der Waals surface area contributed by atoms with Crippen LogP contribution in [0.5, 0.6) is 0 Å². The highest BCUT2D eigenvalue weighted by Crippen LogP contribution is 2.29. The van der Waals surface area contributed by atoms with Crippen molar-refractivity contribution in [3.8, 4) is 0 Å². The zero-order valence-corrected chi connectivity index (χ0v) is 9.37. The Hall–Kier alpha value is -0.310. The van der Waals surface area contributed by atoms with Crippen LogP contribution in [0, 0.1) is 5.82 Å². The second-order valence-corrected chi connectivity index (χ2v) is 4.00. The molecule has 0 fully saturated rings. The van der Waals surface area contributed by atoms with Crippen molar-refractivity contribution >= 4 is 23.2 Å². The highest BCUT2D eigenvalue weighted by molar-refractivity contribution is 6.35. The number of hydrogen-bond acceptors (Lipinski definition) is 1. The summed E-state index contributed by atoms with van der Waals surface area (Å²) < 4.78 is 13.1. The molecule has 0 aliphatic heterocycles. The molecule has 0 aliphatic carbocycles. The summed E-state index contributed by atoms with van der Waals surface area (Å²) in [6, 6.07) is 2.48. The van der Waals surface area contributed by atoms with E-state index in [1.807, 2.05) is 6.92 Å². The Balaban J connectivity index is 3.02. The van der Waals surface area contributed by atoms with Gasteiger partial charge in [-0.3, -0.25) is 0 Å². The fraction of sp³-hybridized carbons (Fsp3) is 0.400. The van der Waals surface area contributed by atoms with E-state index in [0.717, 1.165) is 12.8 Å². The molecule has 0 saturated heterocycles. The maximum Gasteiger partial charge on any atom is 0.142 e. The number of benzene rings is 1. The lowest BCUT2D eigenvalue weighted by atomic mass is 10.0. The van der Waals surface area contributed by atoms with Crippen LogP contribution >= 0.6 is 23.2 Å². The lowest BCUT2D eigenvalue weighted by Gasteiger charge is -2.13. The molecule has 14 heavy (non-hydrogen) atoms. The van der Waals surface area contributed by atoms with E-state index >= 15 is 0 Å². The molecule has 4 heteroatoms. The Kier molecular flexibility index (Phi) is 4.17. The van der Waals surface area contributed by atoms with E-state index in [1.165, 1.54) is 12.1 Å². The Morgan fingerprint density at radius 3 is 2.57 bits per heavy atom. The van der Waals surface area contributed by atoms with Gasteiger partial charge in [0.15, 0.2) is 0 Å². The maximum atomic E-state index is 13.1. The van der Waals surface area contributed by atoms with Gasteiger partial charge in [0.25, 0.3) is 0 Å². The molecule has 0 aliphatic rings. The molecule has 0 heterocycles. The molecule has 2 N–H and O–H groups in total.